The second-order valence-corrected chi connectivity index (χ2v) is 13.0. The molecule has 0 aromatic rings. The third kappa shape index (κ3) is 4.43. The zero-order chi connectivity index (χ0) is 26.4. The van der Waals surface area contributed by atoms with Crippen LogP contribution in [-0.4, -0.2) is 118 Å². The Labute approximate surface area is 223 Å². The number of nitrogens with zero attached hydrogens (tertiary/aromatic N) is 3. The fourth-order valence-corrected chi connectivity index (χ4v) is 8.88. The van der Waals surface area contributed by atoms with Crippen molar-refractivity contribution in [3.63, 3.8) is 0 Å². The van der Waals surface area contributed by atoms with Crippen molar-refractivity contribution >= 4 is 29.5 Å². The number of carbonyl (C=O) groups is 3. The third-order valence-electron chi connectivity index (χ3n) is 8.64. The molecule has 0 aromatic heterocycles. The van der Waals surface area contributed by atoms with Crippen LogP contribution >= 0.6 is 11.8 Å². The number of hydrogen-bond donors (Lipinski definition) is 1. The van der Waals surface area contributed by atoms with Gasteiger partial charge in [0, 0.05) is 37.5 Å². The van der Waals surface area contributed by atoms with E-state index in [2.05, 4.69) is 4.90 Å². The molecular weight excluding hydrogens is 494 g/mol. The monoisotopic (exact) mass is 533 g/mol. The second-order valence-electron chi connectivity index (χ2n) is 11.2. The van der Waals surface area contributed by atoms with Crippen molar-refractivity contribution in [3.8, 4) is 0 Å². The Morgan fingerprint density at radius 2 is 1.81 bits per heavy atom. The van der Waals surface area contributed by atoms with Gasteiger partial charge in [-0.15, -0.1) is 11.8 Å². The van der Waals surface area contributed by atoms with Gasteiger partial charge in [0.25, 0.3) is 0 Å². The first-order valence-corrected chi connectivity index (χ1v) is 14.3. The lowest BCUT2D eigenvalue weighted by molar-refractivity contribution is -0.155. The van der Waals surface area contributed by atoms with Crippen LogP contribution in [0.2, 0.25) is 0 Å². The minimum atomic E-state index is -0.919. The molecule has 9 nitrogen and oxygen atoms in total. The molecule has 10 heteroatoms. The molecule has 0 saturated carbocycles. The number of ether oxygens (including phenoxy) is 2. The van der Waals surface area contributed by atoms with E-state index in [0.717, 1.165) is 19.6 Å². The summed E-state index contributed by atoms with van der Waals surface area (Å²) in [5.74, 6) is -2.25. The molecule has 5 rings (SSSR count). The zero-order valence-corrected chi connectivity index (χ0v) is 22.8. The van der Waals surface area contributed by atoms with Crippen molar-refractivity contribution in [1.82, 2.24) is 14.7 Å². The Balaban J connectivity index is 1.55. The Bertz CT molecular complexity index is 981. The first-order valence-electron chi connectivity index (χ1n) is 13.5. The average molecular weight is 534 g/mol. The maximum atomic E-state index is 14.4. The maximum absolute atomic E-state index is 14.4. The number of fused-ring (bicyclic) bond motifs is 2. The summed E-state index contributed by atoms with van der Waals surface area (Å²) in [6, 6.07) is -1.33. The highest BCUT2D eigenvalue weighted by Gasteiger charge is 2.74. The van der Waals surface area contributed by atoms with Gasteiger partial charge in [0.1, 0.15) is 6.04 Å². The van der Waals surface area contributed by atoms with Crippen molar-refractivity contribution in [3.05, 3.63) is 24.3 Å². The second kappa shape index (κ2) is 10.4. The standard InChI is InChI=1S/C27H39N3O6S/c1-18(2)19(17-31)30-22-24(33)29(11-10-28-12-15-35-16-13-28)9-6-8-27(22)20(23(30)32)21-25(34)36-14-5-4-7-26(21,3)37-27/h4,6-8,18-22,31H,5,9-17H2,1-3H3/t19-,20-,21+,22?,26-,27-/m0/s1. The lowest BCUT2D eigenvalue weighted by atomic mass is 9.74. The molecule has 1 spiro atoms. The van der Waals surface area contributed by atoms with Crippen LogP contribution < -0.4 is 0 Å². The lowest BCUT2D eigenvalue weighted by Crippen LogP contribution is -2.58. The minimum Gasteiger partial charge on any atom is -0.465 e. The quantitative estimate of drug-likeness (QED) is 0.398. The highest BCUT2D eigenvalue weighted by Crippen LogP contribution is 2.65. The van der Waals surface area contributed by atoms with Gasteiger partial charge in [-0.1, -0.05) is 38.2 Å². The highest BCUT2D eigenvalue weighted by molar-refractivity contribution is 8.02. The van der Waals surface area contributed by atoms with Crippen LogP contribution in [0.1, 0.15) is 27.2 Å². The number of amides is 2. The average Bonchev–Trinajstić information content (AvgIpc) is 3.18. The molecule has 5 aliphatic rings. The molecule has 0 aromatic carbocycles. The van der Waals surface area contributed by atoms with Gasteiger partial charge >= 0.3 is 5.97 Å². The topological polar surface area (TPSA) is 99.6 Å². The molecule has 37 heavy (non-hydrogen) atoms. The van der Waals surface area contributed by atoms with Crippen molar-refractivity contribution in [2.45, 2.75) is 48.8 Å². The molecule has 3 fully saturated rings. The zero-order valence-electron chi connectivity index (χ0n) is 22.0. The number of morpholine rings is 1. The van der Waals surface area contributed by atoms with E-state index < -0.39 is 33.4 Å². The molecular formula is C27H39N3O6S. The van der Waals surface area contributed by atoms with Gasteiger partial charge in [-0.3, -0.25) is 19.3 Å². The number of likely N-dealkylation sites (tertiary alicyclic amines) is 1. The largest absolute Gasteiger partial charge is 0.465 e. The van der Waals surface area contributed by atoms with Crippen LogP contribution in [0.25, 0.3) is 0 Å². The maximum Gasteiger partial charge on any atom is 0.311 e. The number of rotatable bonds is 6. The van der Waals surface area contributed by atoms with E-state index in [0.29, 0.717) is 32.7 Å². The Morgan fingerprint density at radius 3 is 2.51 bits per heavy atom. The number of hydrogen-bond acceptors (Lipinski definition) is 8. The number of thioether (sulfide) groups is 1. The van der Waals surface area contributed by atoms with Gasteiger partial charge in [-0.25, -0.2) is 0 Å². The van der Waals surface area contributed by atoms with Crippen LogP contribution in [0.4, 0.5) is 0 Å². The predicted molar refractivity (Wildman–Crippen MR) is 140 cm³/mol. The molecule has 1 unspecified atom stereocenters. The minimum absolute atomic E-state index is 0.0628. The summed E-state index contributed by atoms with van der Waals surface area (Å²) < 4.78 is 9.45. The molecule has 5 heterocycles. The van der Waals surface area contributed by atoms with Crippen molar-refractivity contribution in [2.24, 2.45) is 17.8 Å². The van der Waals surface area contributed by atoms with Crippen molar-refractivity contribution in [1.29, 1.82) is 0 Å². The molecule has 0 aliphatic carbocycles. The van der Waals surface area contributed by atoms with Crippen LogP contribution in [0.15, 0.2) is 24.3 Å². The SMILES string of the molecule is CC(C)[C@H](CO)N1C(=O)[C@@H]2[C@@H]3C(=O)OCCC=C[C@]3(C)S[C@@]23C=CCN(CCN2CCOCC2)C(=O)C13. The van der Waals surface area contributed by atoms with E-state index in [1.54, 1.807) is 16.7 Å². The Morgan fingerprint density at radius 1 is 1.05 bits per heavy atom. The molecule has 1 N–H and O–H groups in total. The van der Waals surface area contributed by atoms with Crippen LogP contribution in [0.5, 0.6) is 0 Å². The molecule has 204 valence electrons. The van der Waals surface area contributed by atoms with E-state index in [9.17, 15) is 19.5 Å². The van der Waals surface area contributed by atoms with E-state index in [1.165, 1.54) is 0 Å². The fourth-order valence-electron chi connectivity index (χ4n) is 6.74. The number of aliphatic hydroxyl groups excluding tert-OH is 1. The summed E-state index contributed by atoms with van der Waals surface area (Å²) in [6.07, 6.45) is 8.69. The molecule has 2 amide bonds. The predicted octanol–water partition coefficient (Wildman–Crippen LogP) is 0.925. The number of aliphatic hydroxyl groups is 1. The normalized spacial score (nSPS) is 37.1. The molecule has 5 aliphatic heterocycles. The Hall–Kier alpha value is -1.88. The van der Waals surface area contributed by atoms with Crippen LogP contribution in [0, 0.1) is 17.8 Å². The molecule has 3 saturated heterocycles. The first kappa shape index (κ1) is 26.7. The molecule has 0 radical (unpaired) electrons. The summed E-state index contributed by atoms with van der Waals surface area (Å²) in [6.45, 7) is 10.7. The third-order valence-corrected chi connectivity index (χ3v) is 10.4. The van der Waals surface area contributed by atoms with Gasteiger partial charge in [-0.2, -0.15) is 0 Å². The van der Waals surface area contributed by atoms with E-state index >= 15 is 0 Å². The summed E-state index contributed by atoms with van der Waals surface area (Å²) in [5, 5.41) is 10.4. The fraction of sp³-hybridized carbons (Fsp3) is 0.741. The van der Waals surface area contributed by atoms with E-state index in [-0.39, 0.29) is 36.9 Å². The number of esters is 1. The highest BCUT2D eigenvalue weighted by atomic mass is 32.2. The van der Waals surface area contributed by atoms with Gasteiger partial charge in [-0.05, 0) is 19.3 Å². The van der Waals surface area contributed by atoms with Gasteiger partial charge in [0.2, 0.25) is 11.8 Å². The van der Waals surface area contributed by atoms with Crippen LogP contribution in [-0.2, 0) is 23.9 Å². The van der Waals surface area contributed by atoms with E-state index in [1.807, 2.05) is 50.0 Å². The first-order chi connectivity index (χ1) is 17.7. The Kier molecular flexibility index (Phi) is 7.48. The van der Waals surface area contributed by atoms with Gasteiger partial charge < -0.3 is 24.4 Å². The summed E-state index contributed by atoms with van der Waals surface area (Å²) in [5.41, 5.74) is 0. The van der Waals surface area contributed by atoms with Crippen LogP contribution in [0.3, 0.4) is 0 Å². The summed E-state index contributed by atoms with van der Waals surface area (Å²) in [7, 11) is 0. The van der Waals surface area contributed by atoms with E-state index in [4.69, 9.17) is 9.47 Å². The molecule has 0 bridgehead atoms. The molecule has 6 atom stereocenters. The summed E-state index contributed by atoms with van der Waals surface area (Å²) >= 11 is 1.54. The lowest BCUT2D eigenvalue weighted by Gasteiger charge is -2.41. The van der Waals surface area contributed by atoms with Gasteiger partial charge in [0.05, 0.1) is 49.1 Å². The smallest absolute Gasteiger partial charge is 0.311 e. The number of cyclic esters (lactones) is 1. The number of carbonyl (C=O) groups excluding carboxylic acids is 3. The van der Waals surface area contributed by atoms with Gasteiger partial charge in [0.15, 0.2) is 0 Å². The van der Waals surface area contributed by atoms with Crippen molar-refractivity contribution in [2.75, 3.05) is 59.2 Å². The van der Waals surface area contributed by atoms with Crippen molar-refractivity contribution < 1.29 is 29.0 Å². The summed E-state index contributed by atoms with van der Waals surface area (Å²) in [4.78, 5) is 47.8.